The van der Waals surface area contributed by atoms with Gasteiger partial charge in [-0.25, -0.2) is 4.98 Å². The van der Waals surface area contributed by atoms with Crippen molar-refractivity contribution in [1.82, 2.24) is 14.5 Å². The van der Waals surface area contributed by atoms with Gasteiger partial charge in [-0.1, -0.05) is 78.9 Å². The van der Waals surface area contributed by atoms with Gasteiger partial charge in [0.2, 0.25) is 5.89 Å². The van der Waals surface area contributed by atoms with Gasteiger partial charge in [-0.2, -0.15) is 0 Å². The maximum absolute atomic E-state index is 6.48. The molecule has 0 bridgehead atoms. The molecule has 0 aliphatic rings. The first-order chi connectivity index (χ1) is 22.3. The highest BCUT2D eigenvalue weighted by Gasteiger charge is 2.20. The molecule has 0 saturated heterocycles. The minimum Gasteiger partial charge on any atom is -0.436 e. The first-order valence-corrected chi connectivity index (χ1v) is 15.0. The Balaban J connectivity index is 1.35. The predicted octanol–water partition coefficient (Wildman–Crippen LogP) is 10.6. The van der Waals surface area contributed by atoms with E-state index < -0.39 is 0 Å². The quantitative estimate of drug-likeness (QED) is 0.204. The van der Waals surface area contributed by atoms with Crippen LogP contribution < -0.4 is 4.90 Å². The van der Waals surface area contributed by atoms with Gasteiger partial charge < -0.3 is 13.9 Å². The second-order valence-corrected chi connectivity index (χ2v) is 11.1. The van der Waals surface area contributed by atoms with Crippen molar-refractivity contribution in [2.75, 3.05) is 4.90 Å². The van der Waals surface area contributed by atoms with Gasteiger partial charge in [-0.05, 0) is 72.8 Å². The number of benzene rings is 6. The molecule has 0 unspecified atom stereocenters. The summed E-state index contributed by atoms with van der Waals surface area (Å²) in [5, 5.41) is 3.45. The Morgan fingerprint density at radius 1 is 0.533 bits per heavy atom. The van der Waals surface area contributed by atoms with Crippen molar-refractivity contribution < 1.29 is 4.42 Å². The Morgan fingerprint density at radius 3 is 1.87 bits per heavy atom. The van der Waals surface area contributed by atoms with E-state index in [2.05, 4.69) is 136 Å². The molecule has 0 aliphatic carbocycles. The molecule has 45 heavy (non-hydrogen) atoms. The summed E-state index contributed by atoms with van der Waals surface area (Å²) in [5.74, 6) is 0.549. The summed E-state index contributed by atoms with van der Waals surface area (Å²) in [4.78, 5) is 12.0. The van der Waals surface area contributed by atoms with E-state index in [0.717, 1.165) is 55.8 Å². The highest BCUT2D eigenvalue weighted by Crippen LogP contribution is 2.41. The molecular weight excluding hydrogens is 552 g/mol. The van der Waals surface area contributed by atoms with E-state index in [9.17, 15) is 0 Å². The summed E-state index contributed by atoms with van der Waals surface area (Å²) in [6, 6.07) is 52.7. The molecule has 5 heteroatoms. The molecule has 5 nitrogen and oxygen atoms in total. The van der Waals surface area contributed by atoms with Crippen LogP contribution in [0.25, 0.3) is 61.0 Å². The lowest BCUT2D eigenvalue weighted by Gasteiger charge is -2.26. The number of anilines is 3. The van der Waals surface area contributed by atoms with E-state index >= 15 is 0 Å². The number of para-hydroxylation sites is 4. The molecule has 0 saturated carbocycles. The van der Waals surface area contributed by atoms with Gasteiger partial charge in [-0.15, -0.1) is 0 Å². The molecule has 9 aromatic rings. The number of oxazole rings is 1. The molecule has 3 heterocycles. The van der Waals surface area contributed by atoms with Gasteiger partial charge in [0.05, 0.1) is 16.6 Å². The van der Waals surface area contributed by atoms with Crippen LogP contribution in [0.2, 0.25) is 0 Å². The van der Waals surface area contributed by atoms with Crippen LogP contribution in [0.3, 0.4) is 0 Å². The minimum atomic E-state index is 0.549. The highest BCUT2D eigenvalue weighted by molar-refractivity contribution is 6.09. The number of hydrogen-bond donors (Lipinski definition) is 0. The largest absolute Gasteiger partial charge is 0.436 e. The maximum Gasteiger partial charge on any atom is 0.227 e. The molecule has 0 fully saturated rings. The lowest BCUT2D eigenvalue weighted by atomic mass is 10.1. The van der Waals surface area contributed by atoms with Crippen LogP contribution in [0.5, 0.6) is 0 Å². The number of hydrogen-bond acceptors (Lipinski definition) is 4. The van der Waals surface area contributed by atoms with E-state index in [1.807, 2.05) is 30.3 Å². The fourth-order valence-electron chi connectivity index (χ4n) is 6.43. The molecule has 3 aromatic heterocycles. The molecule has 0 spiro atoms. The van der Waals surface area contributed by atoms with Gasteiger partial charge in [0.25, 0.3) is 0 Å². The fourth-order valence-corrected chi connectivity index (χ4v) is 6.43. The molecular formula is C40H26N4O. The van der Waals surface area contributed by atoms with E-state index in [1.165, 1.54) is 10.8 Å². The van der Waals surface area contributed by atoms with Crippen LogP contribution >= 0.6 is 0 Å². The maximum atomic E-state index is 6.48. The van der Waals surface area contributed by atoms with Crippen molar-refractivity contribution in [2.24, 2.45) is 0 Å². The van der Waals surface area contributed by atoms with Crippen LogP contribution in [0.4, 0.5) is 17.1 Å². The van der Waals surface area contributed by atoms with Crippen molar-refractivity contribution in [3.8, 4) is 17.1 Å². The average molecular weight is 579 g/mol. The smallest absolute Gasteiger partial charge is 0.227 e. The number of fused-ring (bicyclic) bond motifs is 6. The Bertz CT molecular complexity index is 2400. The van der Waals surface area contributed by atoms with Crippen LogP contribution in [0.1, 0.15) is 0 Å². The van der Waals surface area contributed by atoms with E-state index in [-0.39, 0.29) is 0 Å². The fraction of sp³-hybridized carbons (Fsp3) is 0. The van der Waals surface area contributed by atoms with E-state index in [4.69, 9.17) is 9.40 Å². The second-order valence-electron chi connectivity index (χ2n) is 11.1. The van der Waals surface area contributed by atoms with Crippen LogP contribution in [0.15, 0.2) is 162 Å². The highest BCUT2D eigenvalue weighted by atomic mass is 16.3. The topological polar surface area (TPSA) is 47.1 Å². The van der Waals surface area contributed by atoms with Crippen molar-refractivity contribution >= 4 is 60.9 Å². The summed E-state index contributed by atoms with van der Waals surface area (Å²) in [6.45, 7) is 0. The zero-order chi connectivity index (χ0) is 29.7. The van der Waals surface area contributed by atoms with E-state index in [1.54, 1.807) is 6.20 Å². The third kappa shape index (κ3) is 4.17. The van der Waals surface area contributed by atoms with Gasteiger partial charge >= 0.3 is 0 Å². The van der Waals surface area contributed by atoms with Gasteiger partial charge in [-0.3, -0.25) is 4.98 Å². The Hall–Kier alpha value is -6.20. The SMILES string of the molecule is c1ccc(N(c2ccccc2)c2cc(-c3nc4c(ccc5cccnc54)o3)cc(-n3c4ccccc4c4ccccc43)c2)cc1. The predicted molar refractivity (Wildman–Crippen MR) is 184 cm³/mol. The standard InChI is InChI=1S/C40H26N4O/c1-3-13-29(14-4-1)43(30-15-5-2-6-16-30)31-24-28(40-42-39-37(45-40)22-21-27-12-11-23-41-38(27)39)25-32(26-31)44-35-19-9-7-17-33(35)34-18-8-10-20-36(34)44/h1-26H. The molecule has 0 N–H and O–H groups in total. The number of pyridine rings is 1. The summed E-state index contributed by atoms with van der Waals surface area (Å²) >= 11 is 0. The lowest BCUT2D eigenvalue weighted by Crippen LogP contribution is -2.10. The Morgan fingerprint density at radius 2 is 1.18 bits per heavy atom. The normalized spacial score (nSPS) is 11.6. The zero-order valence-electron chi connectivity index (χ0n) is 24.2. The van der Waals surface area contributed by atoms with E-state index in [0.29, 0.717) is 11.5 Å². The summed E-state index contributed by atoms with van der Waals surface area (Å²) in [5.41, 5.74) is 9.58. The lowest BCUT2D eigenvalue weighted by molar-refractivity contribution is 0.620. The molecule has 0 radical (unpaired) electrons. The zero-order valence-corrected chi connectivity index (χ0v) is 24.2. The number of aromatic nitrogens is 3. The molecule has 0 aliphatic heterocycles. The summed E-state index contributed by atoms with van der Waals surface area (Å²) in [6.07, 6.45) is 1.80. The van der Waals surface area contributed by atoms with Crippen molar-refractivity contribution in [1.29, 1.82) is 0 Å². The third-order valence-corrected chi connectivity index (χ3v) is 8.41. The molecule has 212 valence electrons. The van der Waals surface area contributed by atoms with Crippen LogP contribution in [-0.4, -0.2) is 14.5 Å². The molecule has 0 atom stereocenters. The molecule has 9 rings (SSSR count). The van der Waals surface area contributed by atoms with Crippen molar-refractivity contribution in [3.05, 3.63) is 158 Å². The molecule has 0 amide bonds. The minimum absolute atomic E-state index is 0.549. The van der Waals surface area contributed by atoms with Gasteiger partial charge in [0.1, 0.15) is 5.52 Å². The van der Waals surface area contributed by atoms with Crippen molar-refractivity contribution in [3.63, 3.8) is 0 Å². The van der Waals surface area contributed by atoms with Gasteiger partial charge in [0, 0.05) is 50.7 Å². The van der Waals surface area contributed by atoms with Crippen LogP contribution in [-0.2, 0) is 0 Å². The first-order valence-electron chi connectivity index (χ1n) is 15.0. The summed E-state index contributed by atoms with van der Waals surface area (Å²) < 4.78 is 8.82. The average Bonchev–Trinajstić information content (AvgIpc) is 3.70. The van der Waals surface area contributed by atoms with Gasteiger partial charge in [0.15, 0.2) is 5.58 Å². The van der Waals surface area contributed by atoms with Crippen molar-refractivity contribution in [2.45, 2.75) is 0 Å². The Labute approximate surface area is 259 Å². The first kappa shape index (κ1) is 25.3. The Kier molecular flexibility index (Phi) is 5.74. The summed E-state index contributed by atoms with van der Waals surface area (Å²) in [7, 11) is 0. The third-order valence-electron chi connectivity index (χ3n) is 8.41. The monoisotopic (exact) mass is 578 g/mol. The second kappa shape index (κ2) is 10.2. The van der Waals surface area contributed by atoms with Crippen LogP contribution in [0, 0.1) is 0 Å². The number of nitrogens with zero attached hydrogens (tertiary/aromatic N) is 4. The molecule has 6 aromatic carbocycles. The number of rotatable bonds is 5.